The van der Waals surface area contributed by atoms with Gasteiger partial charge in [-0.05, 0) is 49.5 Å². The van der Waals surface area contributed by atoms with E-state index in [0.29, 0.717) is 34.6 Å². The van der Waals surface area contributed by atoms with Crippen LogP contribution in [0.4, 0.5) is 0 Å². The molecular weight excluding hydrogens is 370 g/mol. The number of halogens is 1. The SMILES string of the molecule is CCOc1cc(/C=C/C(=O)OCC(=O)N2CCC(C)CC2)cc(Cl)c1OC. The van der Waals surface area contributed by atoms with Gasteiger partial charge in [-0.1, -0.05) is 18.5 Å². The van der Waals surface area contributed by atoms with Crippen molar-refractivity contribution in [3.05, 3.63) is 28.8 Å². The minimum absolute atomic E-state index is 0.158. The third-order valence-corrected chi connectivity index (χ3v) is 4.70. The van der Waals surface area contributed by atoms with E-state index >= 15 is 0 Å². The Bertz CT molecular complexity index is 696. The van der Waals surface area contributed by atoms with Crippen molar-refractivity contribution in [1.82, 2.24) is 4.90 Å². The number of rotatable bonds is 7. The van der Waals surface area contributed by atoms with E-state index in [4.69, 9.17) is 25.8 Å². The van der Waals surface area contributed by atoms with Crippen LogP contribution in [0.1, 0.15) is 32.3 Å². The number of piperidine rings is 1. The van der Waals surface area contributed by atoms with E-state index in [1.165, 1.54) is 13.2 Å². The van der Waals surface area contributed by atoms with Crippen LogP contribution in [0, 0.1) is 5.92 Å². The number of hydrogen-bond donors (Lipinski definition) is 0. The quantitative estimate of drug-likeness (QED) is 0.521. The van der Waals surface area contributed by atoms with Crippen molar-refractivity contribution in [2.24, 2.45) is 5.92 Å². The Morgan fingerprint density at radius 1 is 1.30 bits per heavy atom. The first-order chi connectivity index (χ1) is 12.9. The smallest absolute Gasteiger partial charge is 0.331 e. The molecule has 7 heteroatoms. The summed E-state index contributed by atoms with van der Waals surface area (Å²) in [5.41, 5.74) is 0.664. The van der Waals surface area contributed by atoms with E-state index in [9.17, 15) is 9.59 Å². The van der Waals surface area contributed by atoms with Crippen molar-refractivity contribution in [2.75, 3.05) is 33.4 Å². The number of esters is 1. The summed E-state index contributed by atoms with van der Waals surface area (Å²) in [7, 11) is 1.51. The molecule has 27 heavy (non-hydrogen) atoms. The maximum absolute atomic E-state index is 12.1. The van der Waals surface area contributed by atoms with Gasteiger partial charge in [0.1, 0.15) is 0 Å². The topological polar surface area (TPSA) is 65.1 Å². The molecule has 148 valence electrons. The Labute approximate surface area is 165 Å². The summed E-state index contributed by atoms with van der Waals surface area (Å²) in [6.45, 7) is 5.68. The van der Waals surface area contributed by atoms with Crippen molar-refractivity contribution < 1.29 is 23.8 Å². The van der Waals surface area contributed by atoms with Gasteiger partial charge in [-0.15, -0.1) is 0 Å². The number of ether oxygens (including phenoxy) is 3. The van der Waals surface area contributed by atoms with Crippen LogP contribution in [0.2, 0.25) is 5.02 Å². The highest BCUT2D eigenvalue weighted by Crippen LogP contribution is 2.36. The Morgan fingerprint density at radius 2 is 2.00 bits per heavy atom. The molecule has 1 aliphatic rings. The van der Waals surface area contributed by atoms with E-state index < -0.39 is 5.97 Å². The molecule has 1 fully saturated rings. The van der Waals surface area contributed by atoms with Gasteiger partial charge in [0.2, 0.25) is 0 Å². The van der Waals surface area contributed by atoms with E-state index in [1.807, 2.05) is 6.92 Å². The second-order valence-corrected chi connectivity index (χ2v) is 6.88. The summed E-state index contributed by atoms with van der Waals surface area (Å²) in [6, 6.07) is 3.38. The molecule has 0 aromatic heterocycles. The molecule has 0 N–H and O–H groups in total. The Balaban J connectivity index is 1.91. The fourth-order valence-corrected chi connectivity index (χ4v) is 3.14. The van der Waals surface area contributed by atoms with Gasteiger partial charge >= 0.3 is 5.97 Å². The van der Waals surface area contributed by atoms with Gasteiger partial charge in [0.25, 0.3) is 5.91 Å². The first-order valence-electron chi connectivity index (χ1n) is 9.07. The Kier molecular flexibility index (Phi) is 7.98. The summed E-state index contributed by atoms with van der Waals surface area (Å²) in [6.07, 6.45) is 4.79. The molecule has 1 aromatic carbocycles. The summed E-state index contributed by atoms with van der Waals surface area (Å²) < 4.78 is 15.8. The standard InChI is InChI=1S/C20H26ClNO5/c1-4-26-17-12-15(11-16(21)20(17)25-3)5-6-19(24)27-13-18(23)22-9-7-14(2)8-10-22/h5-6,11-12,14H,4,7-10,13H2,1-3H3/b6-5+. The highest BCUT2D eigenvalue weighted by Gasteiger charge is 2.20. The average molecular weight is 396 g/mol. The highest BCUT2D eigenvalue weighted by atomic mass is 35.5. The normalized spacial score (nSPS) is 15.0. The third-order valence-electron chi connectivity index (χ3n) is 4.42. The van der Waals surface area contributed by atoms with Crippen molar-refractivity contribution >= 4 is 29.6 Å². The number of nitrogens with zero attached hydrogens (tertiary/aromatic N) is 1. The van der Waals surface area contributed by atoms with Gasteiger partial charge in [0, 0.05) is 19.2 Å². The highest BCUT2D eigenvalue weighted by molar-refractivity contribution is 6.32. The predicted molar refractivity (Wildman–Crippen MR) is 104 cm³/mol. The molecule has 2 rings (SSSR count). The van der Waals surface area contributed by atoms with Gasteiger partial charge < -0.3 is 19.1 Å². The molecule has 1 amide bonds. The molecule has 0 aliphatic carbocycles. The lowest BCUT2D eigenvalue weighted by molar-refractivity contribution is -0.148. The summed E-state index contributed by atoms with van der Waals surface area (Å²) in [5, 5.41) is 0.381. The maximum atomic E-state index is 12.1. The number of likely N-dealkylation sites (tertiary alicyclic amines) is 1. The summed E-state index contributed by atoms with van der Waals surface area (Å²) in [4.78, 5) is 25.7. The van der Waals surface area contributed by atoms with Crippen LogP contribution in [-0.4, -0.2) is 50.2 Å². The minimum atomic E-state index is -0.585. The van der Waals surface area contributed by atoms with Gasteiger partial charge in [0.15, 0.2) is 18.1 Å². The average Bonchev–Trinajstić information content (AvgIpc) is 2.65. The molecule has 1 saturated heterocycles. The van der Waals surface area contributed by atoms with Gasteiger partial charge in [0.05, 0.1) is 18.7 Å². The fourth-order valence-electron chi connectivity index (χ4n) is 2.84. The number of methoxy groups -OCH3 is 1. The molecular formula is C20H26ClNO5. The maximum Gasteiger partial charge on any atom is 0.331 e. The van der Waals surface area contributed by atoms with Crippen LogP contribution in [0.3, 0.4) is 0 Å². The first-order valence-corrected chi connectivity index (χ1v) is 9.45. The lowest BCUT2D eigenvalue weighted by Crippen LogP contribution is -2.40. The molecule has 0 spiro atoms. The fraction of sp³-hybridized carbons (Fsp3) is 0.500. The van der Waals surface area contributed by atoms with Crippen LogP contribution < -0.4 is 9.47 Å². The predicted octanol–water partition coefficient (Wildman–Crippen LogP) is 3.56. The van der Waals surface area contributed by atoms with E-state index in [0.717, 1.165) is 25.9 Å². The second-order valence-electron chi connectivity index (χ2n) is 6.47. The van der Waals surface area contributed by atoms with E-state index in [1.54, 1.807) is 23.1 Å². The first kappa shape index (κ1) is 21.1. The van der Waals surface area contributed by atoms with Crippen LogP contribution >= 0.6 is 11.6 Å². The second kappa shape index (κ2) is 10.2. The molecule has 0 bridgehead atoms. The number of carbonyl (C=O) groups is 2. The molecule has 1 aliphatic heterocycles. The molecule has 1 aromatic rings. The zero-order valence-electron chi connectivity index (χ0n) is 16.0. The lowest BCUT2D eigenvalue weighted by atomic mass is 9.99. The van der Waals surface area contributed by atoms with Gasteiger partial charge in [-0.3, -0.25) is 4.79 Å². The largest absolute Gasteiger partial charge is 0.491 e. The molecule has 0 radical (unpaired) electrons. The van der Waals surface area contributed by atoms with Crippen molar-refractivity contribution in [1.29, 1.82) is 0 Å². The molecule has 0 atom stereocenters. The van der Waals surface area contributed by atoms with Crippen molar-refractivity contribution in [3.8, 4) is 11.5 Å². The summed E-state index contributed by atoms with van der Waals surface area (Å²) >= 11 is 6.18. The molecule has 1 heterocycles. The zero-order chi connectivity index (χ0) is 19.8. The van der Waals surface area contributed by atoms with Gasteiger partial charge in [-0.25, -0.2) is 4.79 Å². The third kappa shape index (κ3) is 6.17. The van der Waals surface area contributed by atoms with Gasteiger partial charge in [-0.2, -0.15) is 0 Å². The van der Waals surface area contributed by atoms with Crippen LogP contribution in [-0.2, 0) is 14.3 Å². The van der Waals surface area contributed by atoms with Crippen LogP contribution in [0.5, 0.6) is 11.5 Å². The van der Waals surface area contributed by atoms with Crippen LogP contribution in [0.15, 0.2) is 18.2 Å². The molecule has 0 unspecified atom stereocenters. The number of benzene rings is 1. The molecule has 6 nitrogen and oxygen atoms in total. The number of hydrogen-bond acceptors (Lipinski definition) is 5. The van der Waals surface area contributed by atoms with E-state index in [-0.39, 0.29) is 12.5 Å². The lowest BCUT2D eigenvalue weighted by Gasteiger charge is -2.30. The zero-order valence-corrected chi connectivity index (χ0v) is 16.8. The van der Waals surface area contributed by atoms with Crippen molar-refractivity contribution in [3.63, 3.8) is 0 Å². The molecule has 0 saturated carbocycles. The Hall–Kier alpha value is -2.21. The number of carbonyl (C=O) groups excluding carboxylic acids is 2. The monoisotopic (exact) mass is 395 g/mol. The van der Waals surface area contributed by atoms with Crippen molar-refractivity contribution in [2.45, 2.75) is 26.7 Å². The Morgan fingerprint density at radius 3 is 2.63 bits per heavy atom. The minimum Gasteiger partial charge on any atom is -0.491 e. The number of amides is 1. The summed E-state index contributed by atoms with van der Waals surface area (Å²) in [5.74, 6) is 0.834. The van der Waals surface area contributed by atoms with E-state index in [2.05, 4.69) is 6.92 Å². The van der Waals surface area contributed by atoms with Crippen LogP contribution in [0.25, 0.3) is 6.08 Å².